The van der Waals surface area contributed by atoms with Crippen molar-refractivity contribution in [2.75, 3.05) is 24.6 Å². The Hall–Kier alpha value is -0.250. The summed E-state index contributed by atoms with van der Waals surface area (Å²) in [5.41, 5.74) is 1.16. The Bertz CT molecular complexity index is 358. The van der Waals surface area contributed by atoms with Gasteiger partial charge in [-0.2, -0.15) is 0 Å². The number of halogens is 2. The number of benzene rings is 1. The molecule has 0 aliphatic carbocycles. The number of rotatable bonds is 2. The van der Waals surface area contributed by atoms with E-state index < -0.39 is 0 Å². The molecule has 1 unspecified atom stereocenters. The van der Waals surface area contributed by atoms with E-state index in [1.165, 1.54) is 0 Å². The summed E-state index contributed by atoms with van der Waals surface area (Å²) >= 11 is 9.40. The molecule has 1 saturated heterocycles. The third kappa shape index (κ3) is 2.47. The number of aliphatic hydroxyl groups excluding tert-OH is 1. The molecule has 0 spiro atoms. The first-order valence-corrected chi connectivity index (χ1v) is 6.18. The Morgan fingerprint density at radius 2 is 2.33 bits per heavy atom. The van der Waals surface area contributed by atoms with Gasteiger partial charge in [-0.1, -0.05) is 11.6 Å². The Balaban J connectivity index is 2.17. The van der Waals surface area contributed by atoms with Crippen LogP contribution in [0, 0.1) is 5.92 Å². The standard InChI is InChI=1S/C11H13BrClNO/c12-10-5-9(13)1-2-11(10)14-4-3-8(6-14)7-15/h1-2,5,8,15H,3-4,6-7H2. The van der Waals surface area contributed by atoms with Crippen LogP contribution in [0.2, 0.25) is 5.02 Å². The first-order chi connectivity index (χ1) is 7.20. The quantitative estimate of drug-likeness (QED) is 0.905. The normalized spacial score (nSPS) is 21.0. The monoisotopic (exact) mass is 289 g/mol. The fourth-order valence-electron chi connectivity index (χ4n) is 1.94. The lowest BCUT2D eigenvalue weighted by Gasteiger charge is -2.20. The zero-order chi connectivity index (χ0) is 10.8. The fraction of sp³-hybridized carbons (Fsp3) is 0.455. The summed E-state index contributed by atoms with van der Waals surface area (Å²) in [6.07, 6.45) is 1.06. The van der Waals surface area contributed by atoms with Gasteiger partial charge in [0, 0.05) is 35.1 Å². The van der Waals surface area contributed by atoms with Crippen molar-refractivity contribution in [3.05, 3.63) is 27.7 Å². The molecular formula is C11H13BrClNO. The Morgan fingerprint density at radius 1 is 1.53 bits per heavy atom. The molecule has 1 aliphatic heterocycles. The van der Waals surface area contributed by atoms with E-state index in [1.807, 2.05) is 18.2 Å². The molecule has 1 aliphatic rings. The predicted molar refractivity (Wildman–Crippen MR) is 66.6 cm³/mol. The second-order valence-electron chi connectivity index (χ2n) is 3.88. The smallest absolute Gasteiger partial charge is 0.0511 e. The van der Waals surface area contributed by atoms with Gasteiger partial charge in [0.05, 0.1) is 5.69 Å². The summed E-state index contributed by atoms with van der Waals surface area (Å²) in [6.45, 7) is 2.21. The molecule has 1 aromatic carbocycles. The highest BCUT2D eigenvalue weighted by Crippen LogP contribution is 2.32. The minimum absolute atomic E-state index is 0.279. The first kappa shape index (κ1) is 11.2. The molecule has 0 aromatic heterocycles. The zero-order valence-electron chi connectivity index (χ0n) is 8.29. The molecule has 0 amide bonds. The molecule has 1 fully saturated rings. The molecule has 1 aromatic rings. The van der Waals surface area contributed by atoms with Gasteiger partial charge in [0.2, 0.25) is 0 Å². The van der Waals surface area contributed by atoms with Gasteiger partial charge >= 0.3 is 0 Å². The first-order valence-electron chi connectivity index (χ1n) is 5.01. The molecule has 1 atom stereocenters. The van der Waals surface area contributed by atoms with E-state index in [0.717, 1.165) is 34.7 Å². The van der Waals surface area contributed by atoms with Gasteiger partial charge in [-0.25, -0.2) is 0 Å². The topological polar surface area (TPSA) is 23.5 Å². The molecular weight excluding hydrogens is 277 g/mol. The Kier molecular flexibility index (Phi) is 3.54. The molecule has 82 valence electrons. The van der Waals surface area contributed by atoms with Crippen molar-refractivity contribution in [2.24, 2.45) is 5.92 Å². The van der Waals surface area contributed by atoms with Gasteiger partial charge in [-0.05, 0) is 40.5 Å². The van der Waals surface area contributed by atoms with Gasteiger partial charge < -0.3 is 10.0 Å². The van der Waals surface area contributed by atoms with Crippen molar-refractivity contribution in [3.63, 3.8) is 0 Å². The lowest BCUT2D eigenvalue weighted by molar-refractivity contribution is 0.238. The third-order valence-corrected chi connectivity index (χ3v) is 3.66. The van der Waals surface area contributed by atoms with Crippen molar-refractivity contribution in [3.8, 4) is 0 Å². The number of anilines is 1. The van der Waals surface area contributed by atoms with Gasteiger partial charge in [0.1, 0.15) is 0 Å². The number of hydrogen-bond donors (Lipinski definition) is 1. The van der Waals surface area contributed by atoms with Crippen LogP contribution < -0.4 is 4.90 Å². The van der Waals surface area contributed by atoms with Crippen LogP contribution in [0.25, 0.3) is 0 Å². The van der Waals surface area contributed by atoms with Crippen LogP contribution >= 0.6 is 27.5 Å². The summed E-state index contributed by atoms with van der Waals surface area (Å²) in [5, 5.41) is 9.82. The van der Waals surface area contributed by atoms with E-state index in [9.17, 15) is 0 Å². The number of aliphatic hydroxyl groups is 1. The highest BCUT2D eigenvalue weighted by atomic mass is 79.9. The largest absolute Gasteiger partial charge is 0.396 e. The van der Waals surface area contributed by atoms with Gasteiger partial charge in [0.15, 0.2) is 0 Å². The lowest BCUT2D eigenvalue weighted by Crippen LogP contribution is -2.20. The van der Waals surface area contributed by atoms with Crippen molar-refractivity contribution in [1.29, 1.82) is 0 Å². The Morgan fingerprint density at radius 3 is 2.93 bits per heavy atom. The van der Waals surface area contributed by atoms with E-state index in [4.69, 9.17) is 16.7 Å². The van der Waals surface area contributed by atoms with Crippen molar-refractivity contribution < 1.29 is 5.11 Å². The van der Waals surface area contributed by atoms with E-state index in [-0.39, 0.29) is 6.61 Å². The molecule has 1 heterocycles. The van der Waals surface area contributed by atoms with E-state index in [2.05, 4.69) is 20.8 Å². The van der Waals surface area contributed by atoms with E-state index in [0.29, 0.717) is 5.92 Å². The maximum atomic E-state index is 9.08. The summed E-state index contributed by atoms with van der Waals surface area (Å²) in [6, 6.07) is 5.82. The van der Waals surface area contributed by atoms with Crippen LogP contribution in [0.15, 0.2) is 22.7 Å². The lowest BCUT2D eigenvalue weighted by atomic mass is 10.1. The fourth-order valence-corrected chi connectivity index (χ4v) is 2.87. The summed E-state index contributed by atoms with van der Waals surface area (Å²) in [7, 11) is 0. The van der Waals surface area contributed by atoms with Crippen LogP contribution in [0.3, 0.4) is 0 Å². The van der Waals surface area contributed by atoms with Gasteiger partial charge in [-0.3, -0.25) is 0 Å². The number of nitrogens with zero attached hydrogens (tertiary/aromatic N) is 1. The van der Waals surface area contributed by atoms with E-state index in [1.54, 1.807) is 0 Å². The molecule has 2 nitrogen and oxygen atoms in total. The summed E-state index contributed by atoms with van der Waals surface area (Å²) in [5.74, 6) is 0.410. The van der Waals surface area contributed by atoms with Crippen LogP contribution in [-0.4, -0.2) is 24.8 Å². The highest BCUT2D eigenvalue weighted by molar-refractivity contribution is 9.10. The van der Waals surface area contributed by atoms with E-state index >= 15 is 0 Å². The van der Waals surface area contributed by atoms with Crippen LogP contribution in [0.5, 0.6) is 0 Å². The molecule has 4 heteroatoms. The Labute approximate surface area is 103 Å². The second-order valence-corrected chi connectivity index (χ2v) is 5.17. The maximum absolute atomic E-state index is 9.08. The second kappa shape index (κ2) is 4.73. The van der Waals surface area contributed by atoms with Crippen LogP contribution in [-0.2, 0) is 0 Å². The summed E-state index contributed by atoms with van der Waals surface area (Å²) in [4.78, 5) is 2.28. The molecule has 15 heavy (non-hydrogen) atoms. The maximum Gasteiger partial charge on any atom is 0.0511 e. The van der Waals surface area contributed by atoms with Crippen molar-refractivity contribution >= 4 is 33.2 Å². The van der Waals surface area contributed by atoms with Crippen LogP contribution in [0.4, 0.5) is 5.69 Å². The van der Waals surface area contributed by atoms with Crippen LogP contribution in [0.1, 0.15) is 6.42 Å². The summed E-state index contributed by atoms with van der Waals surface area (Å²) < 4.78 is 1.02. The molecule has 2 rings (SSSR count). The SMILES string of the molecule is OCC1CCN(c2ccc(Cl)cc2Br)C1. The molecule has 1 N–H and O–H groups in total. The third-order valence-electron chi connectivity index (χ3n) is 2.79. The molecule has 0 bridgehead atoms. The highest BCUT2D eigenvalue weighted by Gasteiger charge is 2.23. The minimum Gasteiger partial charge on any atom is -0.396 e. The zero-order valence-corrected chi connectivity index (χ0v) is 10.6. The molecule has 0 radical (unpaired) electrons. The predicted octanol–water partition coefficient (Wildman–Crippen LogP) is 2.92. The average Bonchev–Trinajstić information content (AvgIpc) is 2.66. The van der Waals surface area contributed by atoms with Gasteiger partial charge in [0.25, 0.3) is 0 Å². The van der Waals surface area contributed by atoms with Crippen molar-refractivity contribution in [2.45, 2.75) is 6.42 Å². The van der Waals surface area contributed by atoms with Crippen molar-refractivity contribution in [1.82, 2.24) is 0 Å². The molecule has 0 saturated carbocycles. The van der Waals surface area contributed by atoms with Gasteiger partial charge in [-0.15, -0.1) is 0 Å². The average molecular weight is 291 g/mol. The minimum atomic E-state index is 0.279. The number of hydrogen-bond acceptors (Lipinski definition) is 2.